The molecule has 0 unspecified atom stereocenters. The Labute approximate surface area is 101 Å². The molecule has 0 spiro atoms. The molecule has 0 aliphatic carbocycles. The standard InChI is InChI=1S/C11H21IO2/c1-13-11(14-2)9-7-5-3-4-6-8-10-12/h4,6,11H,3,5,7-10H2,1-2H3/b6-4+. The molecule has 0 aromatic rings. The number of unbranched alkanes of at least 4 members (excludes halogenated alkanes) is 2. The molecule has 0 aromatic heterocycles. The molecule has 3 heteroatoms. The molecule has 0 rings (SSSR count). The van der Waals surface area contributed by atoms with E-state index in [4.69, 9.17) is 9.47 Å². The molecule has 0 amide bonds. The fourth-order valence-corrected chi connectivity index (χ4v) is 1.56. The van der Waals surface area contributed by atoms with Crippen LogP contribution in [0.2, 0.25) is 0 Å². The second-order valence-electron chi connectivity index (χ2n) is 3.13. The van der Waals surface area contributed by atoms with Gasteiger partial charge in [-0.05, 0) is 32.1 Å². The highest BCUT2D eigenvalue weighted by molar-refractivity contribution is 14.1. The quantitative estimate of drug-likeness (QED) is 0.213. The lowest BCUT2D eigenvalue weighted by Gasteiger charge is -2.11. The molecule has 0 saturated heterocycles. The Hall–Kier alpha value is 0.390. The largest absolute Gasteiger partial charge is 0.356 e. The van der Waals surface area contributed by atoms with Crippen LogP contribution in [0.1, 0.15) is 32.1 Å². The first-order valence-corrected chi connectivity index (χ1v) is 6.64. The second-order valence-corrected chi connectivity index (χ2v) is 4.21. The van der Waals surface area contributed by atoms with E-state index in [9.17, 15) is 0 Å². The molecule has 0 heterocycles. The van der Waals surface area contributed by atoms with Crippen molar-refractivity contribution < 1.29 is 9.47 Å². The maximum atomic E-state index is 5.10. The minimum atomic E-state index is -0.0201. The maximum absolute atomic E-state index is 5.10. The molecule has 0 N–H and O–H groups in total. The van der Waals surface area contributed by atoms with Crippen molar-refractivity contribution in [3.05, 3.63) is 12.2 Å². The van der Waals surface area contributed by atoms with Crippen LogP contribution in [0.3, 0.4) is 0 Å². The lowest BCUT2D eigenvalue weighted by molar-refractivity contribution is -0.107. The number of hydrogen-bond donors (Lipinski definition) is 0. The fourth-order valence-electron chi connectivity index (χ4n) is 1.20. The predicted octanol–water partition coefficient (Wildman–Crippen LogP) is 3.55. The lowest BCUT2D eigenvalue weighted by atomic mass is 10.2. The van der Waals surface area contributed by atoms with Crippen molar-refractivity contribution in [3.63, 3.8) is 0 Å². The number of methoxy groups -OCH3 is 2. The molecule has 0 aliphatic rings. The number of ether oxygens (including phenoxy) is 2. The van der Waals surface area contributed by atoms with Crippen molar-refractivity contribution in [1.29, 1.82) is 0 Å². The Kier molecular flexibility index (Phi) is 11.8. The summed E-state index contributed by atoms with van der Waals surface area (Å²) in [6, 6.07) is 0. The van der Waals surface area contributed by atoms with E-state index in [-0.39, 0.29) is 6.29 Å². The van der Waals surface area contributed by atoms with Crippen LogP contribution in [0.25, 0.3) is 0 Å². The number of halogens is 1. The summed E-state index contributed by atoms with van der Waals surface area (Å²) in [5.74, 6) is 0. The van der Waals surface area contributed by atoms with Gasteiger partial charge in [0.05, 0.1) is 0 Å². The Bertz CT molecular complexity index is 133. The average Bonchev–Trinajstić information content (AvgIpc) is 2.22. The number of hydrogen-bond acceptors (Lipinski definition) is 2. The molecule has 0 bridgehead atoms. The molecule has 0 fully saturated rings. The summed E-state index contributed by atoms with van der Waals surface area (Å²) in [6.45, 7) is 0. The first-order valence-electron chi connectivity index (χ1n) is 5.11. The van der Waals surface area contributed by atoms with Gasteiger partial charge in [0, 0.05) is 18.6 Å². The molecule has 0 atom stereocenters. The smallest absolute Gasteiger partial charge is 0.156 e. The normalized spacial score (nSPS) is 11.7. The summed E-state index contributed by atoms with van der Waals surface area (Å²) in [6.07, 6.45) is 10.3. The summed E-state index contributed by atoms with van der Waals surface area (Å²) < 4.78 is 11.4. The van der Waals surface area contributed by atoms with Crippen LogP contribution in [0.4, 0.5) is 0 Å². The van der Waals surface area contributed by atoms with Crippen LogP contribution in [0.5, 0.6) is 0 Å². The lowest BCUT2D eigenvalue weighted by Crippen LogP contribution is -2.12. The monoisotopic (exact) mass is 312 g/mol. The van der Waals surface area contributed by atoms with Gasteiger partial charge in [0.1, 0.15) is 0 Å². The minimum absolute atomic E-state index is 0.0201. The number of rotatable bonds is 9. The van der Waals surface area contributed by atoms with Crippen LogP contribution >= 0.6 is 22.6 Å². The van der Waals surface area contributed by atoms with Gasteiger partial charge in [0.15, 0.2) is 6.29 Å². The zero-order valence-corrected chi connectivity index (χ0v) is 11.3. The first-order chi connectivity index (χ1) is 6.85. The molecular weight excluding hydrogens is 291 g/mol. The van der Waals surface area contributed by atoms with Crippen molar-refractivity contribution in [2.75, 3.05) is 18.6 Å². The number of allylic oxidation sites excluding steroid dienone is 2. The third kappa shape index (κ3) is 8.97. The van der Waals surface area contributed by atoms with Gasteiger partial charge in [-0.2, -0.15) is 0 Å². The Morgan fingerprint density at radius 3 is 2.29 bits per heavy atom. The van der Waals surface area contributed by atoms with E-state index in [1.165, 1.54) is 30.1 Å². The summed E-state index contributed by atoms with van der Waals surface area (Å²) in [4.78, 5) is 0. The maximum Gasteiger partial charge on any atom is 0.156 e. The zero-order chi connectivity index (χ0) is 10.6. The average molecular weight is 312 g/mol. The third-order valence-corrected chi connectivity index (χ3v) is 2.65. The van der Waals surface area contributed by atoms with E-state index in [0.717, 1.165) is 6.42 Å². The molecule has 14 heavy (non-hydrogen) atoms. The fraction of sp³-hybridized carbons (Fsp3) is 0.818. The van der Waals surface area contributed by atoms with E-state index in [2.05, 4.69) is 34.7 Å². The van der Waals surface area contributed by atoms with Crippen molar-refractivity contribution >= 4 is 22.6 Å². The molecule has 0 aromatic carbocycles. The Morgan fingerprint density at radius 1 is 1.07 bits per heavy atom. The summed E-state index contributed by atoms with van der Waals surface area (Å²) >= 11 is 2.39. The predicted molar refractivity (Wildman–Crippen MR) is 68.9 cm³/mol. The van der Waals surface area contributed by atoms with Gasteiger partial charge < -0.3 is 9.47 Å². The number of alkyl halides is 1. The van der Waals surface area contributed by atoms with E-state index in [1.807, 2.05) is 0 Å². The third-order valence-electron chi connectivity index (χ3n) is 2.03. The molecule has 0 aliphatic heterocycles. The van der Waals surface area contributed by atoms with E-state index < -0.39 is 0 Å². The second kappa shape index (κ2) is 11.5. The van der Waals surface area contributed by atoms with Gasteiger partial charge in [-0.25, -0.2) is 0 Å². The highest BCUT2D eigenvalue weighted by Crippen LogP contribution is 2.07. The van der Waals surface area contributed by atoms with Gasteiger partial charge in [0.25, 0.3) is 0 Å². The van der Waals surface area contributed by atoms with Gasteiger partial charge in [-0.1, -0.05) is 34.7 Å². The van der Waals surface area contributed by atoms with E-state index in [1.54, 1.807) is 14.2 Å². The van der Waals surface area contributed by atoms with Gasteiger partial charge in [0.2, 0.25) is 0 Å². The summed E-state index contributed by atoms with van der Waals surface area (Å²) in [5, 5.41) is 0. The molecule has 84 valence electrons. The SMILES string of the molecule is COC(CCCC/C=C/CCI)OC. The van der Waals surface area contributed by atoms with Crippen LogP contribution in [-0.2, 0) is 9.47 Å². The Morgan fingerprint density at radius 2 is 1.71 bits per heavy atom. The van der Waals surface area contributed by atoms with Crippen LogP contribution in [0.15, 0.2) is 12.2 Å². The van der Waals surface area contributed by atoms with Crippen molar-refractivity contribution in [2.24, 2.45) is 0 Å². The molecule has 0 saturated carbocycles. The topological polar surface area (TPSA) is 18.5 Å². The molecule has 0 radical (unpaired) electrons. The molecule has 2 nitrogen and oxygen atoms in total. The van der Waals surface area contributed by atoms with Crippen LogP contribution in [-0.4, -0.2) is 24.9 Å². The van der Waals surface area contributed by atoms with E-state index in [0.29, 0.717) is 0 Å². The summed E-state index contributed by atoms with van der Waals surface area (Å²) in [5.41, 5.74) is 0. The van der Waals surface area contributed by atoms with Crippen LogP contribution in [0, 0.1) is 0 Å². The van der Waals surface area contributed by atoms with Crippen LogP contribution < -0.4 is 0 Å². The summed E-state index contributed by atoms with van der Waals surface area (Å²) in [7, 11) is 3.38. The van der Waals surface area contributed by atoms with Gasteiger partial charge in [-0.3, -0.25) is 0 Å². The highest BCUT2D eigenvalue weighted by atomic mass is 127. The van der Waals surface area contributed by atoms with Gasteiger partial charge >= 0.3 is 0 Å². The van der Waals surface area contributed by atoms with E-state index >= 15 is 0 Å². The van der Waals surface area contributed by atoms with Crippen molar-refractivity contribution in [2.45, 2.75) is 38.4 Å². The van der Waals surface area contributed by atoms with Crippen molar-refractivity contribution in [3.8, 4) is 0 Å². The minimum Gasteiger partial charge on any atom is -0.356 e. The first kappa shape index (κ1) is 14.4. The van der Waals surface area contributed by atoms with Crippen molar-refractivity contribution in [1.82, 2.24) is 0 Å². The molecular formula is C11H21IO2. The van der Waals surface area contributed by atoms with Gasteiger partial charge in [-0.15, -0.1) is 0 Å². The highest BCUT2D eigenvalue weighted by Gasteiger charge is 2.02. The zero-order valence-electron chi connectivity index (χ0n) is 9.17. The Balaban J connectivity index is 3.19.